The molecular weight excluding hydrogens is 460 g/mol. The molecule has 0 unspecified atom stereocenters. The van der Waals surface area contributed by atoms with Crippen molar-refractivity contribution in [2.75, 3.05) is 0 Å². The number of hydrogen-bond donors (Lipinski definition) is 0. The van der Waals surface area contributed by atoms with E-state index in [0.29, 0.717) is 6.42 Å². The second kappa shape index (κ2) is 11.5. The highest BCUT2D eigenvalue weighted by Gasteiger charge is 2.23. The van der Waals surface area contributed by atoms with E-state index in [-0.39, 0.29) is 5.78 Å². The summed E-state index contributed by atoms with van der Waals surface area (Å²) >= 11 is 0. The van der Waals surface area contributed by atoms with Crippen molar-refractivity contribution in [2.24, 2.45) is 5.92 Å². The van der Waals surface area contributed by atoms with Crippen LogP contribution in [0.4, 0.5) is 0 Å². The molecule has 3 aromatic carbocycles. The van der Waals surface area contributed by atoms with E-state index < -0.39 is 0 Å². The molecule has 3 aliphatic carbocycles. The Morgan fingerprint density at radius 1 is 0.789 bits per heavy atom. The predicted molar refractivity (Wildman–Crippen MR) is 158 cm³/mol. The number of rotatable bonds is 9. The Labute approximate surface area is 228 Å². The minimum atomic E-state index is 0.235. The maximum absolute atomic E-state index is 13.6. The van der Waals surface area contributed by atoms with Crippen molar-refractivity contribution in [3.63, 3.8) is 0 Å². The predicted octanol–water partition coefficient (Wildman–Crippen LogP) is 9.06. The van der Waals surface area contributed by atoms with Crippen LogP contribution in [0, 0.1) is 5.92 Å². The van der Waals surface area contributed by atoms with Crippen LogP contribution in [0.1, 0.15) is 83.1 Å². The maximum Gasteiger partial charge on any atom is 0.167 e. The van der Waals surface area contributed by atoms with Gasteiger partial charge in [0.05, 0.1) is 0 Å². The van der Waals surface area contributed by atoms with Crippen LogP contribution in [0.15, 0.2) is 102 Å². The van der Waals surface area contributed by atoms with Crippen LogP contribution < -0.4 is 0 Å². The molecule has 0 spiro atoms. The largest absolute Gasteiger partial charge is 0.294 e. The van der Waals surface area contributed by atoms with Crippen LogP contribution >= 0.6 is 0 Å². The van der Waals surface area contributed by atoms with Gasteiger partial charge in [-0.1, -0.05) is 123 Å². The van der Waals surface area contributed by atoms with Gasteiger partial charge in [-0.25, -0.2) is 0 Å². The van der Waals surface area contributed by atoms with Gasteiger partial charge in [0.25, 0.3) is 0 Å². The van der Waals surface area contributed by atoms with Crippen molar-refractivity contribution in [1.29, 1.82) is 0 Å². The average molecular weight is 499 g/mol. The number of aryl methyl sites for hydroxylation is 2. The second-order valence-electron chi connectivity index (χ2n) is 11.4. The lowest BCUT2D eigenvalue weighted by atomic mass is 9.84. The van der Waals surface area contributed by atoms with E-state index in [4.69, 9.17) is 0 Å². The standard InChI is InChI=1S/C37H38O/c38-37(36-16-8-7-14-30(36)20-18-27-10-3-1-4-11-27)26-32-15-9-17-35(32)34-24-31-21-19-29(23-33(31)25-34)22-28-12-5-2-6-13-28/h1,3-4,7-8,10-11,14-17,19,21,23,25,28H,2,5-6,9,12-13,18,20,22,24,26H2. The Morgan fingerprint density at radius 3 is 2.47 bits per heavy atom. The number of carbonyl (C=O) groups excluding carboxylic acids is 1. The molecular formula is C37H38O. The van der Waals surface area contributed by atoms with Crippen molar-refractivity contribution in [2.45, 2.75) is 70.6 Å². The molecule has 38 heavy (non-hydrogen) atoms. The van der Waals surface area contributed by atoms with E-state index >= 15 is 0 Å². The summed E-state index contributed by atoms with van der Waals surface area (Å²) in [5.74, 6) is 1.10. The van der Waals surface area contributed by atoms with Crippen molar-refractivity contribution in [3.05, 3.63) is 135 Å². The van der Waals surface area contributed by atoms with Crippen LogP contribution in [0.3, 0.4) is 0 Å². The molecule has 0 radical (unpaired) electrons. The summed E-state index contributed by atoms with van der Waals surface area (Å²) in [6, 6.07) is 25.9. The Morgan fingerprint density at radius 2 is 1.61 bits per heavy atom. The Hall–Kier alpha value is -3.45. The lowest BCUT2D eigenvalue weighted by Gasteiger charge is -2.21. The van der Waals surface area contributed by atoms with Gasteiger partial charge in [0.2, 0.25) is 0 Å². The third kappa shape index (κ3) is 5.68. The quantitative estimate of drug-likeness (QED) is 0.269. The molecule has 0 atom stereocenters. The molecule has 3 aromatic rings. The van der Waals surface area contributed by atoms with Gasteiger partial charge in [0.1, 0.15) is 0 Å². The molecule has 0 saturated heterocycles. The normalized spacial score (nSPS) is 17.1. The van der Waals surface area contributed by atoms with E-state index in [1.807, 2.05) is 12.1 Å². The molecule has 0 N–H and O–H groups in total. The van der Waals surface area contributed by atoms with Crippen LogP contribution in [0.5, 0.6) is 0 Å². The van der Waals surface area contributed by atoms with Gasteiger partial charge in [-0.2, -0.15) is 0 Å². The van der Waals surface area contributed by atoms with Gasteiger partial charge in [-0.15, -0.1) is 0 Å². The first-order valence-corrected chi connectivity index (χ1v) is 14.6. The fourth-order valence-corrected chi connectivity index (χ4v) is 6.68. The number of Topliss-reactive ketones (excluding diaryl/α,β-unsaturated/α-hetero) is 1. The summed E-state index contributed by atoms with van der Waals surface area (Å²) in [7, 11) is 0. The molecule has 192 valence electrons. The maximum atomic E-state index is 13.6. The lowest BCUT2D eigenvalue weighted by molar-refractivity contribution is 0.0992. The monoisotopic (exact) mass is 498 g/mol. The Kier molecular flexibility index (Phi) is 7.54. The van der Waals surface area contributed by atoms with Gasteiger partial charge in [-0.3, -0.25) is 4.79 Å². The number of fused-ring (bicyclic) bond motifs is 1. The summed E-state index contributed by atoms with van der Waals surface area (Å²) in [4.78, 5) is 13.6. The van der Waals surface area contributed by atoms with Crippen molar-refractivity contribution >= 4 is 11.9 Å². The van der Waals surface area contributed by atoms with Crippen molar-refractivity contribution < 1.29 is 4.79 Å². The summed E-state index contributed by atoms with van der Waals surface area (Å²) in [6.07, 6.45) is 19.4. The molecule has 0 amide bonds. The van der Waals surface area contributed by atoms with E-state index in [9.17, 15) is 4.79 Å². The molecule has 0 bridgehead atoms. The molecule has 1 fully saturated rings. The zero-order valence-electron chi connectivity index (χ0n) is 22.4. The van der Waals surface area contributed by atoms with E-state index in [1.54, 1.807) is 0 Å². The molecule has 3 aliphatic rings. The SMILES string of the molecule is O=C(CC1=CCC=C1C1=Cc2cc(CC3CCCCC3)ccc2C1)c1ccccc1CCc1ccccc1. The number of allylic oxidation sites excluding steroid dienone is 5. The van der Waals surface area contributed by atoms with Crippen molar-refractivity contribution in [3.8, 4) is 0 Å². The summed E-state index contributed by atoms with van der Waals surface area (Å²) < 4.78 is 0. The Balaban J connectivity index is 1.13. The smallest absolute Gasteiger partial charge is 0.167 e. The first-order valence-electron chi connectivity index (χ1n) is 14.6. The summed E-state index contributed by atoms with van der Waals surface area (Å²) in [5.41, 5.74) is 11.5. The van der Waals surface area contributed by atoms with E-state index in [2.05, 4.69) is 78.9 Å². The number of ketones is 1. The number of benzene rings is 3. The van der Waals surface area contributed by atoms with Gasteiger partial charge in [-0.05, 0) is 82.6 Å². The molecule has 0 heterocycles. The van der Waals surface area contributed by atoms with Crippen LogP contribution in [-0.2, 0) is 25.7 Å². The zero-order valence-corrected chi connectivity index (χ0v) is 22.4. The minimum absolute atomic E-state index is 0.235. The molecule has 0 aliphatic heterocycles. The highest BCUT2D eigenvalue weighted by molar-refractivity contribution is 5.99. The lowest BCUT2D eigenvalue weighted by Crippen LogP contribution is -2.09. The third-order valence-corrected chi connectivity index (χ3v) is 8.74. The fraction of sp³-hybridized carbons (Fsp3) is 0.324. The topological polar surface area (TPSA) is 17.1 Å². The van der Waals surface area contributed by atoms with Crippen LogP contribution in [0.2, 0.25) is 0 Å². The number of carbonyl (C=O) groups is 1. The van der Waals surface area contributed by atoms with Gasteiger partial charge < -0.3 is 0 Å². The molecule has 1 saturated carbocycles. The van der Waals surface area contributed by atoms with Gasteiger partial charge >= 0.3 is 0 Å². The molecule has 0 aromatic heterocycles. The first kappa shape index (κ1) is 24.9. The summed E-state index contributed by atoms with van der Waals surface area (Å²) in [5, 5.41) is 0. The van der Waals surface area contributed by atoms with Crippen LogP contribution in [-0.4, -0.2) is 5.78 Å². The zero-order chi connectivity index (χ0) is 25.7. The Bertz CT molecular complexity index is 1400. The van der Waals surface area contributed by atoms with Crippen molar-refractivity contribution in [1.82, 2.24) is 0 Å². The average Bonchev–Trinajstić information content (AvgIpc) is 3.59. The minimum Gasteiger partial charge on any atom is -0.294 e. The fourth-order valence-electron chi connectivity index (χ4n) is 6.68. The first-order chi connectivity index (χ1) is 18.7. The number of hydrogen-bond acceptors (Lipinski definition) is 1. The molecule has 6 rings (SSSR count). The van der Waals surface area contributed by atoms with Gasteiger partial charge in [0.15, 0.2) is 5.78 Å². The van der Waals surface area contributed by atoms with Gasteiger partial charge in [0, 0.05) is 12.0 Å². The molecule has 1 heteroatoms. The highest BCUT2D eigenvalue weighted by atomic mass is 16.1. The van der Waals surface area contributed by atoms with Crippen LogP contribution in [0.25, 0.3) is 6.08 Å². The molecule has 1 nitrogen and oxygen atoms in total. The second-order valence-corrected chi connectivity index (χ2v) is 11.4. The third-order valence-electron chi connectivity index (χ3n) is 8.74. The highest BCUT2D eigenvalue weighted by Crippen LogP contribution is 2.38. The summed E-state index contributed by atoms with van der Waals surface area (Å²) in [6.45, 7) is 0. The van der Waals surface area contributed by atoms with E-state index in [0.717, 1.165) is 42.7 Å². The van der Waals surface area contributed by atoms with E-state index in [1.165, 1.54) is 77.5 Å².